The van der Waals surface area contributed by atoms with Crippen molar-refractivity contribution in [2.24, 2.45) is 0 Å². The van der Waals surface area contributed by atoms with Gasteiger partial charge in [-0.1, -0.05) is 11.8 Å². The summed E-state index contributed by atoms with van der Waals surface area (Å²) in [6.45, 7) is 5.52. The summed E-state index contributed by atoms with van der Waals surface area (Å²) in [7, 11) is 1.73. The minimum absolute atomic E-state index is 0.111. The first-order chi connectivity index (χ1) is 15.1. The van der Waals surface area contributed by atoms with Crippen LogP contribution < -0.4 is 15.0 Å². The van der Waals surface area contributed by atoms with Crippen LogP contribution >= 0.6 is 11.8 Å². The summed E-state index contributed by atoms with van der Waals surface area (Å²) in [6.07, 6.45) is 4.85. The van der Waals surface area contributed by atoms with Gasteiger partial charge in [0.2, 0.25) is 0 Å². The maximum Gasteiger partial charge on any atom is 0.253 e. The number of nitrogens with one attached hydrogen (secondary N) is 1. The summed E-state index contributed by atoms with van der Waals surface area (Å²) in [6, 6.07) is 14.3. The van der Waals surface area contributed by atoms with Crippen molar-refractivity contribution in [1.29, 1.82) is 0 Å². The lowest BCUT2D eigenvalue weighted by Gasteiger charge is -2.42. The van der Waals surface area contributed by atoms with Gasteiger partial charge in [0.15, 0.2) is 0 Å². The van der Waals surface area contributed by atoms with Gasteiger partial charge in [-0.3, -0.25) is 4.79 Å². The van der Waals surface area contributed by atoms with Gasteiger partial charge in [-0.25, -0.2) is 0 Å². The third-order valence-corrected chi connectivity index (χ3v) is 8.09. The number of amides is 1. The zero-order chi connectivity index (χ0) is 21.5. The van der Waals surface area contributed by atoms with Crippen molar-refractivity contribution >= 4 is 29.0 Å². The Labute approximate surface area is 189 Å². The fourth-order valence-corrected chi connectivity index (χ4v) is 6.49. The number of nitrogens with zero attached hydrogens (tertiary/aromatic N) is 2. The number of fused-ring (bicyclic) bond motifs is 4. The molecule has 1 N–H and O–H groups in total. The first kappa shape index (κ1) is 20.7. The Bertz CT molecular complexity index is 979. The maximum atomic E-state index is 13.0. The Morgan fingerprint density at radius 2 is 1.81 bits per heavy atom. The summed E-state index contributed by atoms with van der Waals surface area (Å²) in [5.41, 5.74) is 3.22. The lowest BCUT2D eigenvalue weighted by Crippen LogP contribution is -2.47. The van der Waals surface area contributed by atoms with E-state index < -0.39 is 0 Å². The highest BCUT2D eigenvalue weighted by Gasteiger charge is 2.39. The highest BCUT2D eigenvalue weighted by atomic mass is 32.2. The monoisotopic (exact) mass is 437 g/mol. The van der Waals surface area contributed by atoms with Gasteiger partial charge in [0.05, 0.1) is 18.5 Å². The molecule has 3 aliphatic rings. The molecule has 2 aromatic carbocycles. The molecule has 2 fully saturated rings. The predicted octanol–water partition coefficient (Wildman–Crippen LogP) is 5.06. The number of methoxy groups -OCH3 is 1. The van der Waals surface area contributed by atoms with E-state index in [1.54, 1.807) is 18.9 Å². The molecule has 0 aromatic heterocycles. The minimum atomic E-state index is 0.111. The van der Waals surface area contributed by atoms with E-state index >= 15 is 0 Å². The summed E-state index contributed by atoms with van der Waals surface area (Å²) in [5, 5.41) is 3.77. The van der Waals surface area contributed by atoms with E-state index in [1.165, 1.54) is 34.0 Å². The van der Waals surface area contributed by atoms with Gasteiger partial charge in [0, 0.05) is 52.6 Å². The van der Waals surface area contributed by atoms with Gasteiger partial charge in [0.1, 0.15) is 5.75 Å². The largest absolute Gasteiger partial charge is 0.497 e. The Morgan fingerprint density at radius 1 is 1.06 bits per heavy atom. The van der Waals surface area contributed by atoms with Gasteiger partial charge >= 0.3 is 0 Å². The molecule has 2 bridgehead atoms. The number of ether oxygens (including phenoxy) is 1. The maximum absolute atomic E-state index is 13.0. The number of anilines is 2. The van der Waals surface area contributed by atoms with E-state index in [-0.39, 0.29) is 5.91 Å². The molecule has 0 radical (unpaired) electrons. The standard InChI is InChI=1S/C25H31N3O2S/c1-4-27(5-2)25(29)16-6-10-21-24(12-16)31-23-11-9-20(30-3)15-22(23)28(21)19-13-17-7-8-18(14-19)26-17/h6,9-12,15,17-19,26H,4-5,7-8,13-14H2,1-3H3. The number of hydrogen-bond donors (Lipinski definition) is 1. The molecule has 2 atom stereocenters. The fourth-order valence-electron chi connectivity index (χ4n) is 5.40. The lowest BCUT2D eigenvalue weighted by molar-refractivity contribution is 0.0773. The average Bonchev–Trinajstić information content (AvgIpc) is 3.14. The third kappa shape index (κ3) is 3.70. The van der Waals surface area contributed by atoms with Crippen molar-refractivity contribution in [3.05, 3.63) is 42.0 Å². The third-order valence-electron chi connectivity index (χ3n) is 6.98. The second-order valence-corrected chi connectivity index (χ2v) is 9.81. The smallest absolute Gasteiger partial charge is 0.253 e. The summed E-state index contributed by atoms with van der Waals surface area (Å²) in [5.74, 6) is 0.999. The number of carbonyl (C=O) groups is 1. The summed E-state index contributed by atoms with van der Waals surface area (Å²) >= 11 is 1.76. The summed E-state index contributed by atoms with van der Waals surface area (Å²) in [4.78, 5) is 19.8. The molecule has 3 heterocycles. The highest BCUT2D eigenvalue weighted by Crippen LogP contribution is 2.52. The molecule has 6 heteroatoms. The molecule has 2 saturated heterocycles. The van der Waals surface area contributed by atoms with Gasteiger partial charge in [-0.2, -0.15) is 0 Å². The first-order valence-electron chi connectivity index (χ1n) is 11.5. The Hall–Kier alpha value is -2.18. The van der Waals surface area contributed by atoms with Gasteiger partial charge in [-0.05, 0) is 69.9 Å². The zero-order valence-electron chi connectivity index (χ0n) is 18.6. The molecule has 5 rings (SSSR count). The lowest BCUT2D eigenvalue weighted by atomic mass is 9.96. The van der Waals surface area contributed by atoms with Crippen LogP contribution in [0.1, 0.15) is 49.9 Å². The van der Waals surface area contributed by atoms with Crippen LogP contribution in [0.3, 0.4) is 0 Å². The predicted molar refractivity (Wildman–Crippen MR) is 126 cm³/mol. The van der Waals surface area contributed by atoms with E-state index in [4.69, 9.17) is 4.74 Å². The second-order valence-electron chi connectivity index (χ2n) is 8.73. The van der Waals surface area contributed by atoms with Crippen LogP contribution in [0.15, 0.2) is 46.2 Å². The van der Waals surface area contributed by atoms with Crippen LogP contribution in [0.25, 0.3) is 0 Å². The van der Waals surface area contributed by atoms with E-state index in [1.807, 2.05) is 30.9 Å². The zero-order valence-corrected chi connectivity index (χ0v) is 19.4. The van der Waals surface area contributed by atoms with E-state index in [2.05, 4.69) is 34.5 Å². The first-order valence-corrected chi connectivity index (χ1v) is 12.3. The number of hydrogen-bond acceptors (Lipinski definition) is 5. The Kier molecular flexibility index (Phi) is 5.61. The van der Waals surface area contributed by atoms with E-state index in [0.717, 1.165) is 37.2 Å². The molecule has 2 aromatic rings. The van der Waals surface area contributed by atoms with Crippen molar-refractivity contribution in [3.8, 4) is 5.75 Å². The average molecular weight is 438 g/mol. The summed E-state index contributed by atoms with van der Waals surface area (Å²) < 4.78 is 5.56. The fraction of sp³-hybridized carbons (Fsp3) is 0.480. The van der Waals surface area contributed by atoms with Gasteiger partial charge < -0.3 is 19.9 Å². The SMILES string of the molecule is CCN(CC)C(=O)c1ccc2c(c1)Sc1ccc(OC)cc1N2C1CC2CCC(C1)N2. The molecule has 0 aliphatic carbocycles. The van der Waals surface area contributed by atoms with E-state index in [0.29, 0.717) is 18.1 Å². The molecule has 31 heavy (non-hydrogen) atoms. The quantitative estimate of drug-likeness (QED) is 0.708. The van der Waals surface area contributed by atoms with Crippen LogP contribution in [0.5, 0.6) is 5.75 Å². The van der Waals surface area contributed by atoms with Crippen molar-refractivity contribution < 1.29 is 9.53 Å². The van der Waals surface area contributed by atoms with Crippen LogP contribution in [-0.2, 0) is 0 Å². The van der Waals surface area contributed by atoms with E-state index in [9.17, 15) is 4.79 Å². The van der Waals surface area contributed by atoms with Crippen LogP contribution in [0.4, 0.5) is 11.4 Å². The van der Waals surface area contributed by atoms with Gasteiger partial charge in [-0.15, -0.1) is 0 Å². The van der Waals surface area contributed by atoms with Gasteiger partial charge in [0.25, 0.3) is 5.91 Å². The molecular formula is C25H31N3O2S. The van der Waals surface area contributed by atoms with Crippen molar-refractivity contribution in [1.82, 2.24) is 10.2 Å². The molecule has 164 valence electrons. The van der Waals surface area contributed by atoms with Crippen molar-refractivity contribution in [2.45, 2.75) is 67.4 Å². The van der Waals surface area contributed by atoms with Crippen LogP contribution in [0.2, 0.25) is 0 Å². The van der Waals surface area contributed by atoms with Crippen LogP contribution in [-0.4, -0.2) is 49.1 Å². The molecule has 2 unspecified atom stereocenters. The van der Waals surface area contributed by atoms with Crippen LogP contribution in [0, 0.1) is 0 Å². The topological polar surface area (TPSA) is 44.8 Å². The Morgan fingerprint density at radius 3 is 2.48 bits per heavy atom. The minimum Gasteiger partial charge on any atom is -0.497 e. The second kappa shape index (κ2) is 8.40. The normalized spacial score (nSPS) is 23.8. The molecule has 0 saturated carbocycles. The molecule has 3 aliphatic heterocycles. The number of carbonyl (C=O) groups excluding carboxylic acids is 1. The Balaban J connectivity index is 1.56. The van der Waals surface area contributed by atoms with Crippen molar-refractivity contribution in [3.63, 3.8) is 0 Å². The molecule has 0 spiro atoms. The molecule has 1 amide bonds. The highest BCUT2D eigenvalue weighted by molar-refractivity contribution is 7.99. The van der Waals surface area contributed by atoms with Crippen molar-refractivity contribution in [2.75, 3.05) is 25.1 Å². The number of piperidine rings is 1. The molecule has 5 nitrogen and oxygen atoms in total. The number of rotatable bonds is 5. The number of benzene rings is 2. The molecular weight excluding hydrogens is 406 g/mol.